The van der Waals surface area contributed by atoms with Gasteiger partial charge in [-0.25, -0.2) is 4.99 Å². The van der Waals surface area contributed by atoms with Crippen LogP contribution in [-0.4, -0.2) is 36.0 Å². The van der Waals surface area contributed by atoms with Crippen molar-refractivity contribution in [1.82, 2.24) is 4.90 Å². The topological polar surface area (TPSA) is 67.9 Å². The number of carbonyl (C=O) groups is 1. The maximum Gasteiger partial charge on any atom is 0.260 e. The zero-order chi connectivity index (χ0) is 18.9. The quantitative estimate of drug-likeness (QED) is 0.878. The molecule has 1 heterocycles. The van der Waals surface area contributed by atoms with Crippen LogP contribution in [0.2, 0.25) is 0 Å². The van der Waals surface area contributed by atoms with Gasteiger partial charge in [0.15, 0.2) is 11.5 Å². The summed E-state index contributed by atoms with van der Waals surface area (Å²) in [6, 6.07) is 14.1. The monoisotopic (exact) mass is 365 g/mol. The molecule has 0 radical (unpaired) electrons. The van der Waals surface area contributed by atoms with Gasteiger partial charge in [-0.1, -0.05) is 68.5 Å². The fourth-order valence-electron chi connectivity index (χ4n) is 4.43. The summed E-state index contributed by atoms with van der Waals surface area (Å²) >= 11 is 0. The third-order valence-corrected chi connectivity index (χ3v) is 5.94. The standard InChI is InChI=1S/C22H27N3O2/c1-25-20(26)22(24-21(25)23,14-16-8-3-2-4-9-16)15-27-19-13-7-11-17-10-5-6-12-18(17)19/h5-7,10-13,16H,2-4,8-9,14-15H2,1H3,(H2,23,24). The lowest BCUT2D eigenvalue weighted by atomic mass is 9.79. The van der Waals surface area contributed by atoms with E-state index in [1.807, 2.05) is 30.3 Å². The van der Waals surface area contributed by atoms with E-state index >= 15 is 0 Å². The van der Waals surface area contributed by atoms with Gasteiger partial charge in [0.2, 0.25) is 0 Å². The van der Waals surface area contributed by atoms with Gasteiger partial charge in [0.05, 0.1) is 0 Å². The van der Waals surface area contributed by atoms with Gasteiger partial charge < -0.3 is 10.5 Å². The van der Waals surface area contributed by atoms with Crippen LogP contribution in [0.5, 0.6) is 5.75 Å². The molecule has 0 saturated heterocycles. The lowest BCUT2D eigenvalue weighted by Crippen LogP contribution is -2.47. The number of carbonyl (C=O) groups excluding carboxylic acids is 1. The van der Waals surface area contributed by atoms with Gasteiger partial charge in [0.25, 0.3) is 5.91 Å². The number of nitrogens with two attached hydrogens (primary N) is 1. The average molecular weight is 365 g/mol. The molecule has 0 spiro atoms. The van der Waals surface area contributed by atoms with Crippen LogP contribution in [0, 0.1) is 5.92 Å². The molecule has 5 heteroatoms. The molecule has 1 aliphatic heterocycles. The van der Waals surface area contributed by atoms with Crippen molar-refractivity contribution in [2.45, 2.75) is 44.1 Å². The molecule has 2 aromatic carbocycles. The molecule has 1 aliphatic carbocycles. The van der Waals surface area contributed by atoms with E-state index in [1.54, 1.807) is 7.05 Å². The van der Waals surface area contributed by atoms with Gasteiger partial charge in [-0.05, 0) is 23.8 Å². The highest BCUT2D eigenvalue weighted by atomic mass is 16.5. The fourth-order valence-corrected chi connectivity index (χ4v) is 4.43. The molecule has 0 aromatic heterocycles. The lowest BCUT2D eigenvalue weighted by molar-refractivity contribution is -0.132. The van der Waals surface area contributed by atoms with E-state index in [9.17, 15) is 4.79 Å². The molecule has 1 amide bonds. The van der Waals surface area contributed by atoms with E-state index < -0.39 is 5.54 Å². The molecule has 2 aliphatic rings. The van der Waals surface area contributed by atoms with Crippen LogP contribution in [-0.2, 0) is 4.79 Å². The largest absolute Gasteiger partial charge is 0.490 e. The highest BCUT2D eigenvalue weighted by Gasteiger charge is 2.48. The van der Waals surface area contributed by atoms with Gasteiger partial charge in [-0.15, -0.1) is 0 Å². The van der Waals surface area contributed by atoms with Crippen molar-refractivity contribution in [3.63, 3.8) is 0 Å². The number of fused-ring (bicyclic) bond motifs is 1. The van der Waals surface area contributed by atoms with Crippen molar-refractivity contribution in [1.29, 1.82) is 0 Å². The third kappa shape index (κ3) is 3.38. The Bertz CT molecular complexity index is 867. The van der Waals surface area contributed by atoms with E-state index in [0.717, 1.165) is 29.4 Å². The Morgan fingerprint density at radius 3 is 2.63 bits per heavy atom. The van der Waals surface area contributed by atoms with E-state index in [0.29, 0.717) is 12.3 Å². The van der Waals surface area contributed by atoms with Gasteiger partial charge in [0.1, 0.15) is 12.4 Å². The number of amides is 1. The maximum absolute atomic E-state index is 13.0. The van der Waals surface area contributed by atoms with Crippen LogP contribution in [0.25, 0.3) is 10.8 Å². The minimum Gasteiger partial charge on any atom is -0.490 e. The number of nitrogens with zero attached hydrogens (tertiary/aromatic N) is 2. The minimum absolute atomic E-state index is 0.0502. The number of ether oxygens (including phenoxy) is 1. The second-order valence-electron chi connectivity index (χ2n) is 7.84. The number of benzene rings is 2. The predicted octanol–water partition coefficient (Wildman–Crippen LogP) is 3.71. The SMILES string of the molecule is CN1C(=O)C(COc2cccc3ccccc23)(CC2CCCCC2)N=C1N. The first kappa shape index (κ1) is 17.8. The molecule has 1 unspecified atom stereocenters. The zero-order valence-corrected chi connectivity index (χ0v) is 15.9. The number of hydrogen-bond donors (Lipinski definition) is 1. The summed E-state index contributed by atoms with van der Waals surface area (Å²) in [5.41, 5.74) is 5.10. The number of rotatable bonds is 5. The second kappa shape index (κ2) is 7.22. The Kier molecular flexibility index (Phi) is 4.77. The van der Waals surface area contributed by atoms with Gasteiger partial charge in [0, 0.05) is 12.4 Å². The third-order valence-electron chi connectivity index (χ3n) is 5.94. The molecular weight excluding hydrogens is 338 g/mol. The molecule has 1 atom stereocenters. The van der Waals surface area contributed by atoms with Crippen molar-refractivity contribution in [3.8, 4) is 5.75 Å². The van der Waals surface area contributed by atoms with Crippen LogP contribution in [0.3, 0.4) is 0 Å². The Morgan fingerprint density at radius 1 is 1.15 bits per heavy atom. The van der Waals surface area contributed by atoms with Gasteiger partial charge in [-0.2, -0.15) is 0 Å². The van der Waals surface area contributed by atoms with Crippen LogP contribution >= 0.6 is 0 Å². The molecule has 2 N–H and O–H groups in total. The normalized spacial score (nSPS) is 23.7. The Hall–Kier alpha value is -2.56. The molecule has 2 aromatic rings. The molecule has 1 fully saturated rings. The summed E-state index contributed by atoms with van der Waals surface area (Å²) in [6.07, 6.45) is 6.77. The average Bonchev–Trinajstić information content (AvgIpc) is 2.91. The van der Waals surface area contributed by atoms with Crippen molar-refractivity contribution in [3.05, 3.63) is 42.5 Å². The summed E-state index contributed by atoms with van der Waals surface area (Å²) in [6.45, 7) is 0.224. The summed E-state index contributed by atoms with van der Waals surface area (Å²) in [7, 11) is 1.70. The van der Waals surface area contributed by atoms with E-state index in [-0.39, 0.29) is 18.5 Å². The molecule has 142 valence electrons. The molecular formula is C22H27N3O2. The van der Waals surface area contributed by atoms with E-state index in [1.165, 1.54) is 24.2 Å². The summed E-state index contributed by atoms with van der Waals surface area (Å²) in [4.78, 5) is 19.1. The Morgan fingerprint density at radius 2 is 1.89 bits per heavy atom. The maximum atomic E-state index is 13.0. The Balaban J connectivity index is 1.60. The number of guanidine groups is 1. The Labute approximate surface area is 160 Å². The van der Waals surface area contributed by atoms with Gasteiger partial charge in [-0.3, -0.25) is 9.69 Å². The first-order valence-corrected chi connectivity index (χ1v) is 9.83. The van der Waals surface area contributed by atoms with Crippen LogP contribution < -0.4 is 10.5 Å². The van der Waals surface area contributed by atoms with Crippen molar-refractivity contribution in [2.75, 3.05) is 13.7 Å². The summed E-state index contributed by atoms with van der Waals surface area (Å²) < 4.78 is 6.21. The fraction of sp³-hybridized carbons (Fsp3) is 0.455. The number of aliphatic imine (C=N–C) groups is 1. The predicted molar refractivity (Wildman–Crippen MR) is 108 cm³/mol. The highest BCUT2D eigenvalue weighted by molar-refractivity contribution is 6.06. The van der Waals surface area contributed by atoms with E-state index in [2.05, 4.69) is 17.1 Å². The first-order chi connectivity index (χ1) is 13.1. The molecule has 27 heavy (non-hydrogen) atoms. The summed E-state index contributed by atoms with van der Waals surface area (Å²) in [5, 5.41) is 2.16. The zero-order valence-electron chi connectivity index (χ0n) is 15.9. The molecule has 0 bridgehead atoms. The van der Waals surface area contributed by atoms with Crippen LogP contribution in [0.4, 0.5) is 0 Å². The number of hydrogen-bond acceptors (Lipinski definition) is 4. The smallest absolute Gasteiger partial charge is 0.260 e. The minimum atomic E-state index is -0.905. The van der Waals surface area contributed by atoms with Crippen molar-refractivity contribution < 1.29 is 9.53 Å². The van der Waals surface area contributed by atoms with Crippen molar-refractivity contribution in [2.24, 2.45) is 16.6 Å². The second-order valence-corrected chi connectivity index (χ2v) is 7.84. The highest BCUT2D eigenvalue weighted by Crippen LogP contribution is 2.36. The van der Waals surface area contributed by atoms with Crippen LogP contribution in [0.15, 0.2) is 47.5 Å². The van der Waals surface area contributed by atoms with Crippen LogP contribution in [0.1, 0.15) is 38.5 Å². The van der Waals surface area contributed by atoms with E-state index in [4.69, 9.17) is 10.5 Å². The summed E-state index contributed by atoms with van der Waals surface area (Å²) in [5.74, 6) is 1.53. The lowest BCUT2D eigenvalue weighted by Gasteiger charge is -2.31. The number of likely N-dealkylation sites (N-methyl/N-ethyl adjacent to an activating group) is 1. The van der Waals surface area contributed by atoms with Crippen molar-refractivity contribution >= 4 is 22.6 Å². The molecule has 1 saturated carbocycles. The first-order valence-electron chi connectivity index (χ1n) is 9.83. The van der Waals surface area contributed by atoms with Gasteiger partial charge >= 0.3 is 0 Å². The molecule has 5 nitrogen and oxygen atoms in total. The molecule has 4 rings (SSSR count).